The van der Waals surface area contributed by atoms with Crippen LogP contribution in [-0.2, 0) is 6.54 Å². The molecular weight excluding hydrogens is 366 g/mol. The van der Waals surface area contributed by atoms with Gasteiger partial charge in [0.05, 0.1) is 6.04 Å². The van der Waals surface area contributed by atoms with Crippen LogP contribution < -0.4 is 0 Å². The first-order valence-electron chi connectivity index (χ1n) is 10.3. The number of hydrogen-bond donors (Lipinski definition) is 0. The lowest BCUT2D eigenvalue weighted by molar-refractivity contribution is 0.304. The van der Waals surface area contributed by atoms with Gasteiger partial charge in [-0.15, -0.1) is 0 Å². The van der Waals surface area contributed by atoms with Gasteiger partial charge in [-0.3, -0.25) is 9.98 Å². The molecule has 5 rings (SSSR count). The molecule has 0 N–H and O–H groups in total. The quantitative estimate of drug-likeness (QED) is 0.430. The molecule has 0 fully saturated rings. The van der Waals surface area contributed by atoms with E-state index in [4.69, 9.17) is 4.99 Å². The lowest BCUT2D eigenvalue weighted by atomic mass is 9.93. The molecule has 4 aromatic rings. The van der Waals surface area contributed by atoms with Crippen molar-refractivity contribution >= 4 is 5.84 Å². The fraction of sp³-hybridized carbons (Fsp3) is 0.111. The Morgan fingerprint density at radius 2 is 1.23 bits per heavy atom. The van der Waals surface area contributed by atoms with Crippen LogP contribution in [0.5, 0.6) is 0 Å². The highest BCUT2D eigenvalue weighted by molar-refractivity contribution is 5.98. The molecule has 3 aromatic carbocycles. The molecule has 0 bridgehead atoms. The lowest BCUT2D eigenvalue weighted by Gasteiger charge is -2.31. The van der Waals surface area contributed by atoms with Crippen LogP contribution in [-0.4, -0.2) is 15.7 Å². The van der Waals surface area contributed by atoms with Gasteiger partial charge < -0.3 is 4.90 Å². The number of aliphatic imine (C=N–C) groups is 1. The Balaban J connectivity index is 1.65. The normalized spacial score (nSPS) is 18.3. The standard InChI is InChI=1S/C27H23N3/c1-4-12-21(13-5-1)20-30-26(23-16-8-3-9-17-23)25(22-14-6-2-7-15-22)29-27(30)24-18-10-11-19-28-24/h1-19,25-26H,20H2/t25-,26-/m0/s1. The van der Waals surface area contributed by atoms with E-state index in [1.165, 1.54) is 16.7 Å². The lowest BCUT2D eigenvalue weighted by Crippen LogP contribution is -2.32. The summed E-state index contributed by atoms with van der Waals surface area (Å²) in [6.45, 7) is 0.777. The van der Waals surface area contributed by atoms with Crippen molar-refractivity contribution in [2.75, 3.05) is 0 Å². The molecule has 0 spiro atoms. The Bertz CT molecular complexity index is 1110. The molecule has 3 heteroatoms. The molecule has 0 saturated carbocycles. The fourth-order valence-corrected chi connectivity index (χ4v) is 4.16. The Morgan fingerprint density at radius 3 is 1.87 bits per heavy atom. The molecule has 1 aliphatic heterocycles. The number of nitrogens with zero attached hydrogens (tertiary/aromatic N) is 3. The Kier molecular flexibility index (Phi) is 5.09. The molecule has 0 aliphatic carbocycles. The highest BCUT2D eigenvalue weighted by Crippen LogP contribution is 2.43. The second-order valence-electron chi connectivity index (χ2n) is 7.49. The van der Waals surface area contributed by atoms with Gasteiger partial charge in [0, 0.05) is 12.7 Å². The van der Waals surface area contributed by atoms with Gasteiger partial charge >= 0.3 is 0 Å². The van der Waals surface area contributed by atoms with Gasteiger partial charge in [0.15, 0.2) is 5.84 Å². The number of aromatic nitrogens is 1. The van der Waals surface area contributed by atoms with Gasteiger partial charge in [-0.2, -0.15) is 0 Å². The SMILES string of the molecule is c1ccc(CN2C(c3ccccn3)=N[C@@H](c3ccccc3)[C@@H]2c2ccccc2)cc1. The van der Waals surface area contributed by atoms with Crippen LogP contribution in [0.25, 0.3) is 0 Å². The highest BCUT2D eigenvalue weighted by Gasteiger charge is 2.38. The van der Waals surface area contributed by atoms with Crippen molar-refractivity contribution in [2.45, 2.75) is 18.6 Å². The average molecular weight is 390 g/mol. The van der Waals surface area contributed by atoms with E-state index in [2.05, 4.69) is 101 Å². The molecule has 2 atom stereocenters. The Hall–Kier alpha value is -3.72. The molecule has 0 radical (unpaired) electrons. The molecule has 1 aromatic heterocycles. The van der Waals surface area contributed by atoms with Gasteiger partial charge in [-0.1, -0.05) is 97.1 Å². The summed E-state index contributed by atoms with van der Waals surface area (Å²) in [4.78, 5) is 12.3. The number of hydrogen-bond acceptors (Lipinski definition) is 3. The van der Waals surface area contributed by atoms with Crippen molar-refractivity contribution in [2.24, 2.45) is 4.99 Å². The molecule has 3 nitrogen and oxygen atoms in total. The van der Waals surface area contributed by atoms with E-state index in [0.29, 0.717) is 0 Å². The number of amidine groups is 1. The number of benzene rings is 3. The van der Waals surface area contributed by atoms with Gasteiger partial charge in [0.25, 0.3) is 0 Å². The predicted molar refractivity (Wildman–Crippen MR) is 121 cm³/mol. The first-order chi connectivity index (χ1) is 14.9. The third kappa shape index (κ3) is 3.62. The summed E-state index contributed by atoms with van der Waals surface area (Å²) < 4.78 is 0. The molecule has 30 heavy (non-hydrogen) atoms. The zero-order chi connectivity index (χ0) is 20.2. The van der Waals surface area contributed by atoms with E-state index in [-0.39, 0.29) is 12.1 Å². The van der Waals surface area contributed by atoms with E-state index < -0.39 is 0 Å². The summed E-state index contributed by atoms with van der Waals surface area (Å²) in [5.74, 6) is 0.946. The topological polar surface area (TPSA) is 28.5 Å². The van der Waals surface area contributed by atoms with Crippen LogP contribution in [0.3, 0.4) is 0 Å². The first kappa shape index (κ1) is 18.3. The highest BCUT2D eigenvalue weighted by atomic mass is 15.3. The minimum atomic E-state index is 0.00863. The molecule has 1 aliphatic rings. The third-order valence-electron chi connectivity index (χ3n) is 5.54. The van der Waals surface area contributed by atoms with Crippen LogP contribution >= 0.6 is 0 Å². The molecule has 0 saturated heterocycles. The maximum atomic E-state index is 5.24. The van der Waals surface area contributed by atoms with E-state index in [0.717, 1.165) is 18.1 Å². The molecular formula is C27H23N3. The van der Waals surface area contributed by atoms with E-state index >= 15 is 0 Å². The van der Waals surface area contributed by atoms with E-state index in [1.54, 1.807) is 0 Å². The maximum absolute atomic E-state index is 5.24. The van der Waals surface area contributed by atoms with Crippen molar-refractivity contribution in [3.8, 4) is 0 Å². The van der Waals surface area contributed by atoms with Crippen LogP contribution in [0.15, 0.2) is 120 Å². The summed E-state index contributed by atoms with van der Waals surface area (Å²) in [5.41, 5.74) is 4.65. The Labute approximate surface area is 177 Å². The zero-order valence-corrected chi connectivity index (χ0v) is 16.7. The van der Waals surface area contributed by atoms with Crippen molar-refractivity contribution in [3.63, 3.8) is 0 Å². The van der Waals surface area contributed by atoms with Crippen molar-refractivity contribution < 1.29 is 0 Å². The van der Waals surface area contributed by atoms with Gasteiger partial charge in [0.1, 0.15) is 11.7 Å². The number of pyridine rings is 1. The van der Waals surface area contributed by atoms with E-state index in [9.17, 15) is 0 Å². The predicted octanol–water partition coefficient (Wildman–Crippen LogP) is 5.83. The minimum absolute atomic E-state index is 0.00863. The third-order valence-corrected chi connectivity index (χ3v) is 5.54. The molecule has 146 valence electrons. The van der Waals surface area contributed by atoms with Crippen LogP contribution in [0, 0.1) is 0 Å². The van der Waals surface area contributed by atoms with Crippen molar-refractivity contribution in [1.82, 2.24) is 9.88 Å². The summed E-state index contributed by atoms with van der Waals surface area (Å²) in [6.07, 6.45) is 1.84. The van der Waals surface area contributed by atoms with Gasteiger partial charge in [0.2, 0.25) is 0 Å². The average Bonchev–Trinajstić information content (AvgIpc) is 3.20. The van der Waals surface area contributed by atoms with E-state index in [1.807, 2.05) is 24.4 Å². The van der Waals surface area contributed by atoms with Gasteiger partial charge in [-0.25, -0.2) is 0 Å². The first-order valence-corrected chi connectivity index (χ1v) is 10.3. The zero-order valence-electron chi connectivity index (χ0n) is 16.7. The largest absolute Gasteiger partial charge is 0.341 e. The second-order valence-corrected chi connectivity index (χ2v) is 7.49. The molecule has 0 unspecified atom stereocenters. The minimum Gasteiger partial charge on any atom is -0.341 e. The summed E-state index contributed by atoms with van der Waals surface area (Å²) in [5, 5.41) is 0. The smallest absolute Gasteiger partial charge is 0.151 e. The summed E-state index contributed by atoms with van der Waals surface area (Å²) in [6, 6.07) is 38.0. The summed E-state index contributed by atoms with van der Waals surface area (Å²) in [7, 11) is 0. The van der Waals surface area contributed by atoms with Crippen LogP contribution in [0.4, 0.5) is 0 Å². The molecule has 2 heterocycles. The summed E-state index contributed by atoms with van der Waals surface area (Å²) >= 11 is 0. The fourth-order valence-electron chi connectivity index (χ4n) is 4.16. The Morgan fingerprint density at radius 1 is 0.633 bits per heavy atom. The molecule has 0 amide bonds. The van der Waals surface area contributed by atoms with Crippen LogP contribution in [0.1, 0.15) is 34.5 Å². The van der Waals surface area contributed by atoms with Gasteiger partial charge in [-0.05, 0) is 28.8 Å². The van der Waals surface area contributed by atoms with Crippen LogP contribution in [0.2, 0.25) is 0 Å². The monoisotopic (exact) mass is 389 g/mol. The van der Waals surface area contributed by atoms with Crippen molar-refractivity contribution in [3.05, 3.63) is 138 Å². The van der Waals surface area contributed by atoms with Crippen molar-refractivity contribution in [1.29, 1.82) is 0 Å². The second kappa shape index (κ2) is 8.34. The number of rotatable bonds is 5. The maximum Gasteiger partial charge on any atom is 0.151 e.